The van der Waals surface area contributed by atoms with Crippen LogP contribution in [0.3, 0.4) is 0 Å². The average molecular weight is 152 g/mol. The number of hydrogen-bond acceptors (Lipinski definition) is 3. The van der Waals surface area contributed by atoms with Gasteiger partial charge >= 0.3 is 0 Å². The lowest BCUT2D eigenvalue weighted by Gasteiger charge is -2.10. The van der Waals surface area contributed by atoms with E-state index in [2.05, 4.69) is 15.6 Å². The van der Waals surface area contributed by atoms with Crippen LogP contribution in [-0.2, 0) is 24.8 Å². The summed E-state index contributed by atoms with van der Waals surface area (Å²) in [6.07, 6.45) is 0.402. The molecule has 11 heavy (non-hydrogen) atoms. The molecule has 1 N–H and O–H groups in total. The highest BCUT2D eigenvalue weighted by Gasteiger charge is 2.19. The molecule has 2 rings (SSSR count). The number of carbonyl (C=O) groups excluding carboxylic acids is 1. The normalized spacial score (nSPS) is 15.9. The van der Waals surface area contributed by atoms with E-state index in [1.807, 2.05) is 0 Å². The molecule has 5 heteroatoms. The quantitative estimate of drug-likeness (QED) is 0.518. The van der Waals surface area contributed by atoms with E-state index in [1.165, 1.54) is 0 Å². The van der Waals surface area contributed by atoms with Crippen LogP contribution in [0.4, 0.5) is 0 Å². The van der Waals surface area contributed by atoms with E-state index in [0.717, 1.165) is 11.4 Å². The molecular formula is C6H8N4O. The molecule has 0 bridgehead atoms. The van der Waals surface area contributed by atoms with Crippen molar-refractivity contribution in [2.75, 3.05) is 0 Å². The van der Waals surface area contributed by atoms with Gasteiger partial charge in [-0.25, -0.2) is 0 Å². The Bertz CT molecular complexity index is 304. The third-order valence-corrected chi connectivity index (χ3v) is 1.80. The first-order chi connectivity index (χ1) is 5.27. The molecule has 0 saturated carbocycles. The molecule has 1 aliphatic heterocycles. The molecule has 5 nitrogen and oxygen atoms in total. The van der Waals surface area contributed by atoms with E-state index in [9.17, 15) is 4.79 Å². The first kappa shape index (κ1) is 6.33. The Kier molecular flexibility index (Phi) is 1.18. The number of fused-ring (bicyclic) bond motifs is 1. The summed E-state index contributed by atoms with van der Waals surface area (Å²) < 4.78 is 1.65. The van der Waals surface area contributed by atoms with Gasteiger partial charge in [0, 0.05) is 7.05 Å². The third-order valence-electron chi connectivity index (χ3n) is 1.80. The lowest BCUT2D eigenvalue weighted by molar-refractivity contribution is -0.121. The van der Waals surface area contributed by atoms with Gasteiger partial charge in [-0.05, 0) is 0 Å². The zero-order chi connectivity index (χ0) is 7.84. The summed E-state index contributed by atoms with van der Waals surface area (Å²) >= 11 is 0. The molecule has 0 fully saturated rings. The van der Waals surface area contributed by atoms with Crippen LogP contribution in [0.1, 0.15) is 11.4 Å². The van der Waals surface area contributed by atoms with Crippen LogP contribution in [0.15, 0.2) is 0 Å². The first-order valence-electron chi connectivity index (χ1n) is 3.41. The monoisotopic (exact) mass is 152 g/mol. The van der Waals surface area contributed by atoms with Crippen LogP contribution < -0.4 is 5.32 Å². The molecule has 0 radical (unpaired) electrons. The van der Waals surface area contributed by atoms with Crippen molar-refractivity contribution in [2.24, 2.45) is 7.05 Å². The summed E-state index contributed by atoms with van der Waals surface area (Å²) in [6, 6.07) is 0. The van der Waals surface area contributed by atoms with Crippen molar-refractivity contribution in [3.05, 3.63) is 11.4 Å². The molecule has 0 spiro atoms. The maximum atomic E-state index is 10.9. The molecule has 0 saturated heterocycles. The minimum Gasteiger partial charge on any atom is -0.350 e. The Balaban J connectivity index is 2.45. The Morgan fingerprint density at radius 2 is 2.45 bits per heavy atom. The van der Waals surface area contributed by atoms with Gasteiger partial charge < -0.3 is 5.32 Å². The Labute approximate surface area is 63.4 Å². The smallest absolute Gasteiger partial charge is 0.226 e. The zero-order valence-electron chi connectivity index (χ0n) is 6.16. The highest BCUT2D eigenvalue weighted by atomic mass is 16.1. The molecule has 0 aliphatic carbocycles. The number of amides is 1. The Hall–Kier alpha value is -1.39. The van der Waals surface area contributed by atoms with Gasteiger partial charge in [0.1, 0.15) is 5.69 Å². The summed E-state index contributed by atoms with van der Waals surface area (Å²) in [5.74, 6) is 0.0444. The molecule has 1 aliphatic rings. The van der Waals surface area contributed by atoms with Gasteiger partial charge in [-0.3, -0.25) is 9.48 Å². The van der Waals surface area contributed by atoms with Gasteiger partial charge in [-0.2, -0.15) is 0 Å². The van der Waals surface area contributed by atoms with Crippen molar-refractivity contribution in [3.8, 4) is 0 Å². The van der Waals surface area contributed by atoms with Gasteiger partial charge in [-0.1, -0.05) is 5.21 Å². The van der Waals surface area contributed by atoms with E-state index in [-0.39, 0.29) is 5.91 Å². The van der Waals surface area contributed by atoms with Crippen molar-refractivity contribution in [2.45, 2.75) is 13.0 Å². The predicted molar refractivity (Wildman–Crippen MR) is 36.6 cm³/mol. The molecule has 58 valence electrons. The summed E-state index contributed by atoms with van der Waals surface area (Å²) in [5, 5.41) is 10.4. The van der Waals surface area contributed by atoms with Crippen LogP contribution in [0.2, 0.25) is 0 Å². The fourth-order valence-electron chi connectivity index (χ4n) is 1.17. The van der Waals surface area contributed by atoms with E-state index in [0.29, 0.717) is 13.0 Å². The van der Waals surface area contributed by atoms with Crippen molar-refractivity contribution in [3.63, 3.8) is 0 Å². The van der Waals surface area contributed by atoms with Gasteiger partial charge in [0.25, 0.3) is 0 Å². The molecule has 2 heterocycles. The summed E-state index contributed by atoms with van der Waals surface area (Å²) in [6.45, 7) is 0.516. The number of carbonyl (C=O) groups is 1. The number of rotatable bonds is 0. The maximum absolute atomic E-state index is 10.9. The lowest BCUT2D eigenvalue weighted by Crippen LogP contribution is -2.31. The van der Waals surface area contributed by atoms with Crippen molar-refractivity contribution in [1.29, 1.82) is 0 Å². The largest absolute Gasteiger partial charge is 0.350 e. The molecule has 1 aromatic heterocycles. The molecule has 0 unspecified atom stereocenters. The average Bonchev–Trinajstić information content (AvgIpc) is 2.33. The number of aryl methyl sites for hydroxylation is 1. The molecular weight excluding hydrogens is 144 g/mol. The third kappa shape index (κ3) is 0.886. The van der Waals surface area contributed by atoms with Crippen molar-refractivity contribution >= 4 is 5.91 Å². The number of aromatic nitrogens is 3. The van der Waals surface area contributed by atoms with Crippen LogP contribution in [0, 0.1) is 0 Å². The summed E-state index contributed by atoms with van der Waals surface area (Å²) in [5.41, 5.74) is 1.81. The topological polar surface area (TPSA) is 59.8 Å². The van der Waals surface area contributed by atoms with E-state index >= 15 is 0 Å². The maximum Gasteiger partial charge on any atom is 0.226 e. The minimum atomic E-state index is 0.0444. The minimum absolute atomic E-state index is 0.0444. The van der Waals surface area contributed by atoms with Crippen LogP contribution in [0.25, 0.3) is 0 Å². The van der Waals surface area contributed by atoms with Crippen LogP contribution in [-0.4, -0.2) is 20.9 Å². The Morgan fingerprint density at radius 3 is 3.27 bits per heavy atom. The molecule has 0 atom stereocenters. The zero-order valence-corrected chi connectivity index (χ0v) is 6.16. The van der Waals surface area contributed by atoms with E-state index < -0.39 is 0 Å². The lowest BCUT2D eigenvalue weighted by atomic mass is 10.2. The van der Waals surface area contributed by atoms with Gasteiger partial charge in [0.05, 0.1) is 18.7 Å². The second-order valence-corrected chi connectivity index (χ2v) is 2.56. The summed E-state index contributed by atoms with van der Waals surface area (Å²) in [4.78, 5) is 10.9. The standard InChI is InChI=1S/C6H8N4O/c1-10-5-2-6(11)7-3-4(5)8-9-10/h2-3H2,1H3,(H,7,11). The van der Waals surface area contributed by atoms with E-state index in [4.69, 9.17) is 0 Å². The highest BCUT2D eigenvalue weighted by Crippen LogP contribution is 2.08. The summed E-state index contributed by atoms with van der Waals surface area (Å²) in [7, 11) is 1.80. The van der Waals surface area contributed by atoms with Gasteiger partial charge in [0.2, 0.25) is 5.91 Å². The second kappa shape index (κ2) is 2.05. The molecule has 0 aromatic carbocycles. The van der Waals surface area contributed by atoms with Crippen LogP contribution in [0.5, 0.6) is 0 Å². The molecule has 1 aromatic rings. The molecule has 1 amide bonds. The fraction of sp³-hybridized carbons (Fsp3) is 0.500. The fourth-order valence-corrected chi connectivity index (χ4v) is 1.17. The van der Waals surface area contributed by atoms with Gasteiger partial charge in [-0.15, -0.1) is 5.10 Å². The number of hydrogen-bond donors (Lipinski definition) is 1. The van der Waals surface area contributed by atoms with E-state index in [1.54, 1.807) is 11.7 Å². The van der Waals surface area contributed by atoms with Gasteiger partial charge in [0.15, 0.2) is 0 Å². The number of nitrogens with one attached hydrogen (secondary N) is 1. The first-order valence-corrected chi connectivity index (χ1v) is 3.41. The van der Waals surface area contributed by atoms with Crippen molar-refractivity contribution in [1.82, 2.24) is 20.3 Å². The second-order valence-electron chi connectivity index (χ2n) is 2.56. The SMILES string of the molecule is Cn1nnc2c1CC(=O)NC2. The van der Waals surface area contributed by atoms with Crippen molar-refractivity contribution < 1.29 is 4.79 Å². The highest BCUT2D eigenvalue weighted by molar-refractivity contribution is 5.79. The number of nitrogens with zero attached hydrogens (tertiary/aromatic N) is 3. The predicted octanol–water partition coefficient (Wildman–Crippen LogP) is -1.01. The van der Waals surface area contributed by atoms with Crippen LogP contribution >= 0.6 is 0 Å². The Morgan fingerprint density at radius 1 is 1.64 bits per heavy atom.